The van der Waals surface area contributed by atoms with E-state index in [-0.39, 0.29) is 17.0 Å². The number of carbonyl (C=O) groups excluding carboxylic acids is 1. The number of carbonyl (C=O) groups is 1. The van der Waals surface area contributed by atoms with Gasteiger partial charge in [0.1, 0.15) is 5.82 Å². The van der Waals surface area contributed by atoms with Crippen molar-refractivity contribution in [1.29, 1.82) is 0 Å². The van der Waals surface area contributed by atoms with Gasteiger partial charge < -0.3 is 5.32 Å². The van der Waals surface area contributed by atoms with E-state index in [1.807, 2.05) is 0 Å². The average Bonchev–Trinajstić information content (AvgIpc) is 2.67. The molecule has 0 aliphatic heterocycles. The van der Waals surface area contributed by atoms with Crippen molar-refractivity contribution in [2.45, 2.75) is 11.8 Å². The number of rotatable bonds is 6. The summed E-state index contributed by atoms with van der Waals surface area (Å²) in [6.45, 7) is 5.34. The fourth-order valence-electron chi connectivity index (χ4n) is 2.67. The maximum atomic E-state index is 13.6. The average molecular weight is 399 g/mol. The van der Waals surface area contributed by atoms with E-state index in [9.17, 15) is 17.6 Å². The molecule has 8 heteroatoms. The Morgan fingerprint density at radius 2 is 1.89 bits per heavy atom. The Morgan fingerprint density at radius 1 is 1.18 bits per heavy atom. The van der Waals surface area contributed by atoms with Crippen molar-refractivity contribution in [3.05, 3.63) is 78.3 Å². The number of pyridine rings is 1. The highest BCUT2D eigenvalue weighted by molar-refractivity contribution is 7.89. The van der Waals surface area contributed by atoms with E-state index in [1.54, 1.807) is 19.1 Å². The third-order valence-corrected chi connectivity index (χ3v) is 5.43. The van der Waals surface area contributed by atoms with Crippen molar-refractivity contribution in [3.8, 4) is 0 Å². The van der Waals surface area contributed by atoms with Crippen molar-refractivity contribution in [3.63, 3.8) is 0 Å². The number of fused-ring (bicyclic) bond motifs is 1. The Balaban J connectivity index is 1.87. The minimum absolute atomic E-state index is 0.0400. The van der Waals surface area contributed by atoms with Gasteiger partial charge in [-0.05, 0) is 55.5 Å². The van der Waals surface area contributed by atoms with E-state index < -0.39 is 21.7 Å². The van der Waals surface area contributed by atoms with Crippen molar-refractivity contribution in [2.24, 2.45) is 0 Å². The van der Waals surface area contributed by atoms with Gasteiger partial charge in [0.2, 0.25) is 10.0 Å². The van der Waals surface area contributed by atoms with Crippen LogP contribution >= 0.6 is 0 Å². The molecular weight excluding hydrogens is 381 g/mol. The van der Waals surface area contributed by atoms with Crippen LogP contribution in [-0.2, 0) is 10.0 Å². The Kier molecular flexibility index (Phi) is 5.53. The number of nitrogens with one attached hydrogen (secondary N) is 2. The molecule has 0 bridgehead atoms. The second kappa shape index (κ2) is 7.87. The maximum absolute atomic E-state index is 13.6. The zero-order chi connectivity index (χ0) is 20.3. The molecule has 0 spiro atoms. The number of nitrogens with zero attached hydrogens (tertiary/aromatic N) is 1. The van der Waals surface area contributed by atoms with Crippen LogP contribution in [0.3, 0.4) is 0 Å². The SMILES string of the molecule is C=CCNS(=O)(=O)c1ccc(C(=O)Nc2cc(C)nc3ccc(F)cc23)cc1. The lowest BCUT2D eigenvalue weighted by atomic mass is 10.1. The minimum atomic E-state index is -3.67. The van der Waals surface area contributed by atoms with Crippen molar-refractivity contribution in [1.82, 2.24) is 9.71 Å². The van der Waals surface area contributed by atoms with Crippen LogP contribution in [0.25, 0.3) is 10.9 Å². The quantitative estimate of drug-likeness (QED) is 0.622. The molecule has 2 N–H and O–H groups in total. The summed E-state index contributed by atoms with van der Waals surface area (Å²) in [7, 11) is -3.67. The molecule has 0 unspecified atom stereocenters. The van der Waals surface area contributed by atoms with Gasteiger partial charge in [0.25, 0.3) is 5.91 Å². The molecule has 2 aromatic carbocycles. The molecule has 0 fully saturated rings. The number of amides is 1. The van der Waals surface area contributed by atoms with Crippen LogP contribution in [0.4, 0.5) is 10.1 Å². The molecule has 0 atom stereocenters. The number of hydrogen-bond acceptors (Lipinski definition) is 4. The van der Waals surface area contributed by atoms with Crippen molar-refractivity contribution in [2.75, 3.05) is 11.9 Å². The number of benzene rings is 2. The summed E-state index contributed by atoms with van der Waals surface area (Å²) in [6.07, 6.45) is 1.43. The summed E-state index contributed by atoms with van der Waals surface area (Å²) in [4.78, 5) is 16.9. The number of anilines is 1. The van der Waals surface area contributed by atoms with Gasteiger partial charge in [0.05, 0.1) is 16.1 Å². The first-order valence-electron chi connectivity index (χ1n) is 8.39. The van der Waals surface area contributed by atoms with E-state index in [0.29, 0.717) is 22.3 Å². The maximum Gasteiger partial charge on any atom is 0.255 e. The molecule has 1 aromatic heterocycles. The summed E-state index contributed by atoms with van der Waals surface area (Å²) in [5.41, 5.74) is 1.92. The van der Waals surface area contributed by atoms with Crippen LogP contribution < -0.4 is 10.0 Å². The van der Waals surface area contributed by atoms with Crippen LogP contribution in [0, 0.1) is 12.7 Å². The number of sulfonamides is 1. The number of hydrogen-bond donors (Lipinski definition) is 2. The predicted molar refractivity (Wildman–Crippen MR) is 106 cm³/mol. The zero-order valence-electron chi connectivity index (χ0n) is 15.1. The summed E-state index contributed by atoms with van der Waals surface area (Å²) in [5, 5.41) is 3.22. The molecule has 1 amide bonds. The fourth-order valence-corrected chi connectivity index (χ4v) is 3.66. The summed E-state index contributed by atoms with van der Waals surface area (Å²) in [6, 6.07) is 11.3. The lowest BCUT2D eigenvalue weighted by Gasteiger charge is -2.11. The van der Waals surface area contributed by atoms with E-state index in [0.717, 1.165) is 0 Å². The first-order chi connectivity index (χ1) is 13.3. The highest BCUT2D eigenvalue weighted by atomic mass is 32.2. The van der Waals surface area contributed by atoms with Gasteiger partial charge in [0.15, 0.2) is 0 Å². The largest absolute Gasteiger partial charge is 0.321 e. The number of aromatic nitrogens is 1. The molecule has 3 aromatic rings. The highest BCUT2D eigenvalue weighted by Gasteiger charge is 2.15. The zero-order valence-corrected chi connectivity index (χ0v) is 15.9. The van der Waals surface area contributed by atoms with Crippen LogP contribution in [-0.4, -0.2) is 25.9 Å². The van der Waals surface area contributed by atoms with Gasteiger partial charge >= 0.3 is 0 Å². The van der Waals surface area contributed by atoms with E-state index in [1.165, 1.54) is 42.5 Å². The van der Waals surface area contributed by atoms with E-state index >= 15 is 0 Å². The molecule has 6 nitrogen and oxygen atoms in total. The molecular formula is C20H18FN3O3S. The lowest BCUT2D eigenvalue weighted by molar-refractivity contribution is 0.102. The van der Waals surface area contributed by atoms with Crippen molar-refractivity contribution >= 4 is 32.5 Å². The molecule has 3 rings (SSSR count). The third kappa shape index (κ3) is 4.24. The standard InChI is InChI=1S/C20H18FN3O3S/c1-3-10-22-28(26,27)16-7-4-14(5-8-16)20(25)24-19-11-13(2)23-18-9-6-15(21)12-17(18)19/h3-9,11-12,22H,1,10H2,2H3,(H,23,24,25). The van der Waals surface area contributed by atoms with Gasteiger partial charge in [0, 0.05) is 23.2 Å². The Morgan fingerprint density at radius 3 is 2.57 bits per heavy atom. The predicted octanol–water partition coefficient (Wildman–Crippen LogP) is 3.40. The Bertz CT molecular complexity index is 1160. The monoisotopic (exact) mass is 399 g/mol. The molecule has 0 saturated carbocycles. The highest BCUT2D eigenvalue weighted by Crippen LogP contribution is 2.25. The number of halogens is 1. The second-order valence-corrected chi connectivity index (χ2v) is 7.86. The van der Waals surface area contributed by atoms with Gasteiger partial charge in [-0.2, -0.15) is 0 Å². The van der Waals surface area contributed by atoms with Gasteiger partial charge in [-0.15, -0.1) is 6.58 Å². The van der Waals surface area contributed by atoms with Crippen LogP contribution in [0.2, 0.25) is 0 Å². The number of aryl methyl sites for hydroxylation is 1. The van der Waals surface area contributed by atoms with Gasteiger partial charge in [-0.3, -0.25) is 9.78 Å². The smallest absolute Gasteiger partial charge is 0.255 e. The van der Waals surface area contributed by atoms with Crippen LogP contribution in [0.1, 0.15) is 16.1 Å². The van der Waals surface area contributed by atoms with Gasteiger partial charge in [-0.1, -0.05) is 6.08 Å². The van der Waals surface area contributed by atoms with E-state index in [4.69, 9.17) is 0 Å². The fraction of sp³-hybridized carbons (Fsp3) is 0.100. The Hall–Kier alpha value is -3.10. The topological polar surface area (TPSA) is 88.2 Å². The third-order valence-electron chi connectivity index (χ3n) is 3.99. The summed E-state index contributed by atoms with van der Waals surface area (Å²) >= 11 is 0. The second-order valence-electron chi connectivity index (χ2n) is 6.09. The first kappa shape index (κ1) is 19.7. The summed E-state index contributed by atoms with van der Waals surface area (Å²) < 4.78 is 40.1. The van der Waals surface area contributed by atoms with E-state index in [2.05, 4.69) is 21.6 Å². The Labute approximate surface area is 162 Å². The molecule has 144 valence electrons. The minimum Gasteiger partial charge on any atom is -0.321 e. The molecule has 0 aliphatic carbocycles. The van der Waals surface area contributed by atoms with Crippen molar-refractivity contribution < 1.29 is 17.6 Å². The molecule has 28 heavy (non-hydrogen) atoms. The van der Waals surface area contributed by atoms with Crippen LogP contribution in [0.15, 0.2) is 66.1 Å². The first-order valence-corrected chi connectivity index (χ1v) is 9.87. The molecule has 0 radical (unpaired) electrons. The normalized spacial score (nSPS) is 11.4. The van der Waals surface area contributed by atoms with Gasteiger partial charge in [-0.25, -0.2) is 17.5 Å². The summed E-state index contributed by atoms with van der Waals surface area (Å²) in [5.74, 6) is -0.880. The molecule has 0 saturated heterocycles. The molecule has 1 heterocycles. The van der Waals surface area contributed by atoms with Crippen LogP contribution in [0.5, 0.6) is 0 Å². The molecule has 0 aliphatic rings. The lowest BCUT2D eigenvalue weighted by Crippen LogP contribution is -2.23.